The molecule has 1 aromatic carbocycles. The summed E-state index contributed by atoms with van der Waals surface area (Å²) in [6.45, 7) is 6.99. The predicted molar refractivity (Wildman–Crippen MR) is 82.2 cm³/mol. The van der Waals surface area contributed by atoms with Gasteiger partial charge in [-0.2, -0.15) is 0 Å². The van der Waals surface area contributed by atoms with E-state index >= 15 is 0 Å². The zero-order valence-corrected chi connectivity index (χ0v) is 12.7. The highest BCUT2D eigenvalue weighted by atomic mass is 32.1. The summed E-state index contributed by atoms with van der Waals surface area (Å²) in [4.78, 5) is 11.7. The first-order valence-electron chi connectivity index (χ1n) is 6.38. The van der Waals surface area contributed by atoms with Gasteiger partial charge in [0.1, 0.15) is 5.82 Å². The van der Waals surface area contributed by atoms with Crippen molar-refractivity contribution in [2.24, 2.45) is 0 Å². The molecule has 0 saturated carbocycles. The highest BCUT2D eigenvalue weighted by Crippen LogP contribution is 2.02. The zero-order valence-electron chi connectivity index (χ0n) is 11.9. The molecule has 0 aromatic heterocycles. The van der Waals surface area contributed by atoms with Crippen LogP contribution in [0.4, 0.5) is 4.39 Å². The molecule has 0 heterocycles. The van der Waals surface area contributed by atoms with E-state index in [0.717, 1.165) is 0 Å². The Morgan fingerprint density at radius 2 is 1.70 bits per heavy atom. The van der Waals surface area contributed by atoms with Crippen LogP contribution in [-0.2, 0) is 0 Å². The maximum Gasteiger partial charge on any atom is 0.251 e. The van der Waals surface area contributed by atoms with E-state index in [2.05, 4.69) is 16.0 Å². The molecule has 6 heteroatoms. The first-order valence-corrected chi connectivity index (χ1v) is 6.78. The fourth-order valence-corrected chi connectivity index (χ4v) is 1.85. The fraction of sp³-hybridized carbons (Fsp3) is 0.429. The second-order valence-corrected chi connectivity index (χ2v) is 5.80. The lowest BCUT2D eigenvalue weighted by Gasteiger charge is -2.23. The molecule has 1 amide bonds. The largest absolute Gasteiger partial charge is 0.361 e. The van der Waals surface area contributed by atoms with Crippen molar-refractivity contribution >= 4 is 23.2 Å². The third kappa shape index (κ3) is 6.47. The Bertz CT molecular complexity index is 468. The summed E-state index contributed by atoms with van der Waals surface area (Å²) in [7, 11) is 0. The molecule has 3 N–H and O–H groups in total. The molecule has 0 aliphatic carbocycles. The molecule has 0 spiro atoms. The Morgan fingerprint density at radius 3 is 2.25 bits per heavy atom. The summed E-state index contributed by atoms with van der Waals surface area (Å²) in [5, 5.41) is 9.39. The number of amides is 1. The smallest absolute Gasteiger partial charge is 0.251 e. The number of halogens is 1. The SMILES string of the molecule is CC(C)(C)NC(=S)NCCNC(=O)c1ccc(F)cc1. The van der Waals surface area contributed by atoms with Crippen LogP contribution in [0.2, 0.25) is 0 Å². The highest BCUT2D eigenvalue weighted by Gasteiger charge is 2.10. The van der Waals surface area contributed by atoms with E-state index in [0.29, 0.717) is 23.8 Å². The van der Waals surface area contributed by atoms with Crippen LogP contribution in [0.3, 0.4) is 0 Å². The number of benzene rings is 1. The molecule has 0 aliphatic rings. The number of hydrogen-bond donors (Lipinski definition) is 3. The third-order valence-corrected chi connectivity index (χ3v) is 2.54. The molecule has 0 aliphatic heterocycles. The topological polar surface area (TPSA) is 53.2 Å². The summed E-state index contributed by atoms with van der Waals surface area (Å²) >= 11 is 5.11. The molecule has 0 radical (unpaired) electrons. The first kappa shape index (κ1) is 16.4. The molecule has 0 fully saturated rings. The molecule has 0 saturated heterocycles. The van der Waals surface area contributed by atoms with Gasteiger partial charge >= 0.3 is 0 Å². The van der Waals surface area contributed by atoms with E-state index in [1.165, 1.54) is 24.3 Å². The van der Waals surface area contributed by atoms with Crippen molar-refractivity contribution in [3.63, 3.8) is 0 Å². The maximum atomic E-state index is 12.7. The van der Waals surface area contributed by atoms with Gasteiger partial charge in [-0.3, -0.25) is 4.79 Å². The van der Waals surface area contributed by atoms with Crippen molar-refractivity contribution in [3.8, 4) is 0 Å². The number of rotatable bonds is 4. The lowest BCUT2D eigenvalue weighted by molar-refractivity contribution is 0.0954. The third-order valence-electron chi connectivity index (χ3n) is 2.29. The molecule has 0 atom stereocenters. The highest BCUT2D eigenvalue weighted by molar-refractivity contribution is 7.80. The lowest BCUT2D eigenvalue weighted by Crippen LogP contribution is -2.47. The molecular weight excluding hydrogens is 277 g/mol. The van der Waals surface area contributed by atoms with Gasteiger partial charge in [0.15, 0.2) is 5.11 Å². The Morgan fingerprint density at radius 1 is 1.15 bits per heavy atom. The Balaban J connectivity index is 2.26. The minimum Gasteiger partial charge on any atom is -0.361 e. The summed E-state index contributed by atoms with van der Waals surface area (Å²) in [6, 6.07) is 5.42. The van der Waals surface area contributed by atoms with Crippen LogP contribution >= 0.6 is 12.2 Å². The van der Waals surface area contributed by atoms with Crippen LogP contribution < -0.4 is 16.0 Å². The number of hydrogen-bond acceptors (Lipinski definition) is 2. The molecule has 0 unspecified atom stereocenters. The van der Waals surface area contributed by atoms with E-state index in [1.54, 1.807) is 0 Å². The van der Waals surface area contributed by atoms with Crippen LogP contribution in [-0.4, -0.2) is 29.6 Å². The molecule has 110 valence electrons. The molecular formula is C14H20FN3OS. The average Bonchev–Trinajstić information content (AvgIpc) is 2.33. The summed E-state index contributed by atoms with van der Waals surface area (Å²) in [6.07, 6.45) is 0. The van der Waals surface area contributed by atoms with Gasteiger partial charge in [0.05, 0.1) is 0 Å². The molecule has 0 bridgehead atoms. The first-order chi connectivity index (χ1) is 9.28. The number of carbonyl (C=O) groups excluding carboxylic acids is 1. The minimum atomic E-state index is -0.359. The second kappa shape index (κ2) is 7.19. The predicted octanol–water partition coefficient (Wildman–Crippen LogP) is 1.82. The maximum absolute atomic E-state index is 12.7. The van der Waals surface area contributed by atoms with Gasteiger partial charge in [-0.1, -0.05) is 0 Å². The van der Waals surface area contributed by atoms with Gasteiger partial charge in [0.2, 0.25) is 0 Å². The Labute approximate surface area is 124 Å². The fourth-order valence-electron chi connectivity index (χ4n) is 1.44. The Hall–Kier alpha value is -1.69. The number of thiocarbonyl (C=S) groups is 1. The second-order valence-electron chi connectivity index (χ2n) is 5.39. The molecule has 1 rings (SSSR count). The minimum absolute atomic E-state index is 0.0958. The van der Waals surface area contributed by atoms with Crippen LogP contribution in [0.15, 0.2) is 24.3 Å². The molecule has 20 heavy (non-hydrogen) atoms. The van der Waals surface area contributed by atoms with Gasteiger partial charge < -0.3 is 16.0 Å². The van der Waals surface area contributed by atoms with Crippen LogP contribution in [0.5, 0.6) is 0 Å². The van der Waals surface area contributed by atoms with E-state index < -0.39 is 0 Å². The van der Waals surface area contributed by atoms with Crippen molar-refractivity contribution in [3.05, 3.63) is 35.6 Å². The van der Waals surface area contributed by atoms with Gasteiger partial charge in [0.25, 0.3) is 5.91 Å². The standard InChI is InChI=1S/C14H20FN3OS/c1-14(2,3)18-13(20)17-9-8-16-12(19)10-4-6-11(15)7-5-10/h4-7H,8-9H2,1-3H3,(H,16,19)(H2,17,18,20). The van der Waals surface area contributed by atoms with E-state index in [9.17, 15) is 9.18 Å². The summed E-state index contributed by atoms with van der Waals surface area (Å²) in [5.74, 6) is -0.594. The van der Waals surface area contributed by atoms with Crippen molar-refractivity contribution < 1.29 is 9.18 Å². The van der Waals surface area contributed by atoms with Gasteiger partial charge in [-0.15, -0.1) is 0 Å². The van der Waals surface area contributed by atoms with Crippen LogP contribution in [0.1, 0.15) is 31.1 Å². The molecule has 4 nitrogen and oxygen atoms in total. The van der Waals surface area contributed by atoms with Crippen molar-refractivity contribution in [1.82, 2.24) is 16.0 Å². The van der Waals surface area contributed by atoms with Gasteiger partial charge in [-0.25, -0.2) is 4.39 Å². The molecule has 1 aromatic rings. The van der Waals surface area contributed by atoms with E-state index in [-0.39, 0.29) is 17.3 Å². The average molecular weight is 297 g/mol. The van der Waals surface area contributed by atoms with Crippen LogP contribution in [0.25, 0.3) is 0 Å². The lowest BCUT2D eigenvalue weighted by atomic mass is 10.1. The van der Waals surface area contributed by atoms with Gasteiger partial charge in [-0.05, 0) is 57.3 Å². The number of nitrogens with one attached hydrogen (secondary N) is 3. The van der Waals surface area contributed by atoms with Crippen molar-refractivity contribution in [1.29, 1.82) is 0 Å². The normalized spacial score (nSPS) is 10.8. The van der Waals surface area contributed by atoms with Crippen molar-refractivity contribution in [2.75, 3.05) is 13.1 Å². The van der Waals surface area contributed by atoms with E-state index in [4.69, 9.17) is 12.2 Å². The van der Waals surface area contributed by atoms with Crippen LogP contribution in [0, 0.1) is 5.82 Å². The van der Waals surface area contributed by atoms with E-state index in [1.807, 2.05) is 20.8 Å². The van der Waals surface area contributed by atoms with Gasteiger partial charge in [0, 0.05) is 24.2 Å². The Kier molecular flexibility index (Phi) is 5.88. The summed E-state index contributed by atoms with van der Waals surface area (Å²) in [5.41, 5.74) is 0.336. The zero-order chi connectivity index (χ0) is 15.2. The summed E-state index contributed by atoms with van der Waals surface area (Å²) < 4.78 is 12.7. The quantitative estimate of drug-likeness (QED) is 0.586. The monoisotopic (exact) mass is 297 g/mol. The number of carbonyl (C=O) groups is 1. The van der Waals surface area contributed by atoms with Crippen molar-refractivity contribution in [2.45, 2.75) is 26.3 Å².